The van der Waals surface area contributed by atoms with Gasteiger partial charge in [-0.3, -0.25) is 0 Å². The van der Waals surface area contributed by atoms with Gasteiger partial charge in [-0.05, 0) is 19.0 Å². The van der Waals surface area contributed by atoms with E-state index in [1.165, 1.54) is 18.4 Å². The summed E-state index contributed by atoms with van der Waals surface area (Å²) in [5.41, 5.74) is 1.24. The fourth-order valence-corrected chi connectivity index (χ4v) is 2.39. The number of hydrogen-bond acceptors (Lipinski definition) is 3. The molecule has 2 rings (SSSR count). The molecule has 1 aliphatic heterocycles. The molecular weight excluding hydrogens is 226 g/mol. The Bertz CT molecular complexity index is 379. The Morgan fingerprint density at radius 2 is 2.06 bits per heavy atom. The van der Waals surface area contributed by atoms with Gasteiger partial charge in [-0.2, -0.15) is 0 Å². The fourth-order valence-electron chi connectivity index (χ4n) is 2.39. The van der Waals surface area contributed by atoms with Crippen molar-refractivity contribution in [2.24, 2.45) is 0 Å². The summed E-state index contributed by atoms with van der Waals surface area (Å²) in [7, 11) is 0. The SMILES string of the molecule is CCCCC(NCC)c1cccc2c1OCCO2. The first kappa shape index (κ1) is 13.2. The lowest BCUT2D eigenvalue weighted by atomic mass is 9.99. The van der Waals surface area contributed by atoms with Crippen molar-refractivity contribution in [1.82, 2.24) is 5.32 Å². The first-order valence-electron chi connectivity index (χ1n) is 6.98. The van der Waals surface area contributed by atoms with Crippen molar-refractivity contribution in [2.45, 2.75) is 39.2 Å². The summed E-state index contributed by atoms with van der Waals surface area (Å²) in [6, 6.07) is 6.56. The van der Waals surface area contributed by atoms with E-state index in [9.17, 15) is 0 Å². The van der Waals surface area contributed by atoms with Crippen molar-refractivity contribution >= 4 is 0 Å². The Morgan fingerprint density at radius 3 is 2.83 bits per heavy atom. The highest BCUT2D eigenvalue weighted by Crippen LogP contribution is 2.38. The summed E-state index contributed by atoms with van der Waals surface area (Å²) in [6.07, 6.45) is 3.58. The van der Waals surface area contributed by atoms with Crippen LogP contribution in [0.1, 0.15) is 44.7 Å². The van der Waals surface area contributed by atoms with Crippen LogP contribution in [0, 0.1) is 0 Å². The lowest BCUT2D eigenvalue weighted by Crippen LogP contribution is -2.24. The molecule has 0 fully saturated rings. The van der Waals surface area contributed by atoms with Gasteiger partial charge >= 0.3 is 0 Å². The van der Waals surface area contributed by atoms with E-state index >= 15 is 0 Å². The van der Waals surface area contributed by atoms with E-state index in [-0.39, 0.29) is 0 Å². The number of benzene rings is 1. The summed E-state index contributed by atoms with van der Waals surface area (Å²) >= 11 is 0. The Hall–Kier alpha value is -1.22. The molecular formula is C15H23NO2. The Kier molecular flexibility index (Phi) is 4.88. The van der Waals surface area contributed by atoms with Crippen LogP contribution in [0.15, 0.2) is 18.2 Å². The topological polar surface area (TPSA) is 30.5 Å². The largest absolute Gasteiger partial charge is 0.486 e. The number of hydrogen-bond donors (Lipinski definition) is 1. The van der Waals surface area contributed by atoms with E-state index in [1.54, 1.807) is 0 Å². The van der Waals surface area contributed by atoms with Gasteiger partial charge in [0.2, 0.25) is 0 Å². The van der Waals surface area contributed by atoms with Gasteiger partial charge in [0.05, 0.1) is 0 Å². The quantitative estimate of drug-likeness (QED) is 0.839. The van der Waals surface area contributed by atoms with Crippen molar-refractivity contribution in [3.8, 4) is 11.5 Å². The third kappa shape index (κ3) is 2.96. The van der Waals surface area contributed by atoms with E-state index in [0.717, 1.165) is 24.5 Å². The molecule has 3 nitrogen and oxygen atoms in total. The van der Waals surface area contributed by atoms with Crippen LogP contribution in [0.4, 0.5) is 0 Å². The van der Waals surface area contributed by atoms with E-state index in [4.69, 9.17) is 9.47 Å². The first-order valence-corrected chi connectivity index (χ1v) is 6.98. The molecule has 0 amide bonds. The van der Waals surface area contributed by atoms with Gasteiger partial charge < -0.3 is 14.8 Å². The zero-order chi connectivity index (χ0) is 12.8. The second-order valence-corrected chi connectivity index (χ2v) is 4.62. The van der Waals surface area contributed by atoms with E-state index in [2.05, 4.69) is 31.3 Å². The molecule has 0 bridgehead atoms. The molecule has 3 heteroatoms. The molecule has 0 saturated carbocycles. The zero-order valence-electron chi connectivity index (χ0n) is 11.4. The monoisotopic (exact) mass is 249 g/mol. The minimum absolute atomic E-state index is 0.367. The summed E-state index contributed by atoms with van der Waals surface area (Å²) in [4.78, 5) is 0. The normalized spacial score (nSPS) is 15.4. The number of ether oxygens (including phenoxy) is 2. The average molecular weight is 249 g/mol. The molecule has 18 heavy (non-hydrogen) atoms. The number of fused-ring (bicyclic) bond motifs is 1. The summed E-state index contributed by atoms with van der Waals surface area (Å²) in [5, 5.41) is 3.55. The Labute approximate surface area is 109 Å². The van der Waals surface area contributed by atoms with E-state index in [1.807, 2.05) is 6.07 Å². The van der Waals surface area contributed by atoms with Crippen LogP contribution < -0.4 is 14.8 Å². The maximum Gasteiger partial charge on any atom is 0.166 e. The molecule has 1 atom stereocenters. The molecule has 0 saturated heterocycles. The predicted octanol–water partition coefficient (Wildman–Crippen LogP) is 3.30. The average Bonchev–Trinajstić information content (AvgIpc) is 2.43. The minimum atomic E-state index is 0.367. The molecule has 0 aromatic heterocycles. The molecule has 1 unspecified atom stereocenters. The van der Waals surface area contributed by atoms with Crippen LogP contribution in [-0.2, 0) is 0 Å². The van der Waals surface area contributed by atoms with Crippen molar-refractivity contribution < 1.29 is 9.47 Å². The van der Waals surface area contributed by atoms with Gasteiger partial charge in [0.15, 0.2) is 11.5 Å². The zero-order valence-corrected chi connectivity index (χ0v) is 11.4. The molecule has 1 N–H and O–H groups in total. The Balaban J connectivity index is 2.22. The van der Waals surface area contributed by atoms with Crippen molar-refractivity contribution in [3.05, 3.63) is 23.8 Å². The van der Waals surface area contributed by atoms with Crippen LogP contribution in [0.3, 0.4) is 0 Å². The third-order valence-corrected chi connectivity index (χ3v) is 3.27. The highest BCUT2D eigenvalue weighted by Gasteiger charge is 2.21. The molecule has 1 aromatic rings. The number of unbranched alkanes of at least 4 members (excludes halogenated alkanes) is 1. The Morgan fingerprint density at radius 1 is 1.22 bits per heavy atom. The maximum atomic E-state index is 5.80. The van der Waals surface area contributed by atoms with Crippen LogP contribution in [0.5, 0.6) is 11.5 Å². The molecule has 1 aromatic carbocycles. The van der Waals surface area contributed by atoms with Gasteiger partial charge in [-0.25, -0.2) is 0 Å². The second kappa shape index (κ2) is 6.64. The molecule has 1 heterocycles. The smallest absolute Gasteiger partial charge is 0.166 e. The molecule has 0 spiro atoms. The lowest BCUT2D eigenvalue weighted by molar-refractivity contribution is 0.168. The second-order valence-electron chi connectivity index (χ2n) is 4.62. The number of rotatable bonds is 6. The summed E-state index contributed by atoms with van der Waals surface area (Å²) in [6.45, 7) is 6.64. The molecule has 1 aliphatic rings. The molecule has 100 valence electrons. The van der Waals surface area contributed by atoms with Crippen LogP contribution in [-0.4, -0.2) is 19.8 Å². The van der Waals surface area contributed by atoms with Crippen molar-refractivity contribution in [2.75, 3.05) is 19.8 Å². The number of para-hydroxylation sites is 1. The minimum Gasteiger partial charge on any atom is -0.486 e. The lowest BCUT2D eigenvalue weighted by Gasteiger charge is -2.25. The van der Waals surface area contributed by atoms with Gasteiger partial charge in [-0.1, -0.05) is 38.8 Å². The van der Waals surface area contributed by atoms with Gasteiger partial charge in [-0.15, -0.1) is 0 Å². The summed E-state index contributed by atoms with van der Waals surface area (Å²) < 4.78 is 11.4. The van der Waals surface area contributed by atoms with Crippen molar-refractivity contribution in [1.29, 1.82) is 0 Å². The molecule has 0 radical (unpaired) electrons. The van der Waals surface area contributed by atoms with Gasteiger partial charge in [0, 0.05) is 11.6 Å². The van der Waals surface area contributed by atoms with Gasteiger partial charge in [0.1, 0.15) is 13.2 Å². The van der Waals surface area contributed by atoms with Crippen LogP contribution in [0.2, 0.25) is 0 Å². The number of nitrogens with one attached hydrogen (secondary N) is 1. The summed E-state index contributed by atoms with van der Waals surface area (Å²) in [5.74, 6) is 1.82. The van der Waals surface area contributed by atoms with E-state index in [0.29, 0.717) is 19.3 Å². The van der Waals surface area contributed by atoms with Crippen LogP contribution >= 0.6 is 0 Å². The highest BCUT2D eigenvalue weighted by molar-refractivity contribution is 5.48. The molecule has 0 aliphatic carbocycles. The van der Waals surface area contributed by atoms with Crippen LogP contribution in [0.25, 0.3) is 0 Å². The first-order chi connectivity index (χ1) is 8.86. The maximum absolute atomic E-state index is 5.80. The van der Waals surface area contributed by atoms with Gasteiger partial charge in [0.25, 0.3) is 0 Å². The standard InChI is InChI=1S/C15H23NO2/c1-3-5-8-13(16-4-2)12-7-6-9-14-15(12)18-11-10-17-14/h6-7,9,13,16H,3-5,8,10-11H2,1-2H3. The third-order valence-electron chi connectivity index (χ3n) is 3.27. The highest BCUT2D eigenvalue weighted by atomic mass is 16.6. The fraction of sp³-hybridized carbons (Fsp3) is 0.600. The van der Waals surface area contributed by atoms with Crippen molar-refractivity contribution in [3.63, 3.8) is 0 Å². The van der Waals surface area contributed by atoms with E-state index < -0.39 is 0 Å². The predicted molar refractivity (Wildman–Crippen MR) is 73.4 cm³/mol.